The summed E-state index contributed by atoms with van der Waals surface area (Å²) in [5.41, 5.74) is 0.883. The highest BCUT2D eigenvalue weighted by Crippen LogP contribution is 2.14. The monoisotopic (exact) mass is 247 g/mol. The third kappa shape index (κ3) is 4.62. The highest BCUT2D eigenvalue weighted by atomic mass is 16.5. The molecule has 0 fully saturated rings. The van der Waals surface area contributed by atoms with E-state index in [2.05, 4.69) is 35.1 Å². The molecule has 1 aromatic rings. The van der Waals surface area contributed by atoms with E-state index in [0.29, 0.717) is 24.9 Å². The lowest BCUT2D eigenvalue weighted by Crippen LogP contribution is -2.19. The first-order valence-corrected chi connectivity index (χ1v) is 6.38. The molecule has 0 saturated carbocycles. The molecule has 0 aliphatic rings. The fourth-order valence-corrected chi connectivity index (χ4v) is 1.51. The van der Waals surface area contributed by atoms with Crippen LogP contribution >= 0.6 is 0 Å². The van der Waals surface area contributed by atoms with Gasteiger partial charge in [0.25, 0.3) is 0 Å². The Morgan fingerprint density at radius 2 is 2.22 bits per heavy atom. The Kier molecular flexibility index (Phi) is 5.99. The van der Waals surface area contributed by atoms with E-state index in [4.69, 9.17) is 11.2 Å². The van der Waals surface area contributed by atoms with Gasteiger partial charge >= 0.3 is 0 Å². The summed E-state index contributed by atoms with van der Waals surface area (Å²) >= 11 is 0. The van der Waals surface area contributed by atoms with Crippen molar-refractivity contribution in [3.8, 4) is 18.2 Å². The largest absolute Gasteiger partial charge is 0.478 e. The molecule has 1 heterocycles. The zero-order chi connectivity index (χ0) is 13.4. The van der Waals surface area contributed by atoms with Gasteiger partial charge in [0.2, 0.25) is 11.8 Å². The molecule has 1 atom stereocenters. The number of nitrogens with zero attached hydrogens (tertiary/aromatic N) is 2. The molecule has 0 bridgehead atoms. The lowest BCUT2D eigenvalue weighted by molar-refractivity contribution is 0.305. The first kappa shape index (κ1) is 14.3. The van der Waals surface area contributed by atoms with E-state index in [1.807, 2.05) is 13.0 Å². The molecule has 4 nitrogen and oxygen atoms in total. The Morgan fingerprint density at radius 1 is 1.44 bits per heavy atom. The molecule has 1 aromatic heterocycles. The fourth-order valence-electron chi connectivity index (χ4n) is 1.51. The van der Waals surface area contributed by atoms with Crippen LogP contribution in [0.1, 0.15) is 38.8 Å². The normalized spacial score (nSPS) is 11.7. The summed E-state index contributed by atoms with van der Waals surface area (Å²) in [5.74, 6) is 3.85. The smallest absolute Gasteiger partial charge is 0.226 e. The average Bonchev–Trinajstić information content (AvgIpc) is 2.35. The summed E-state index contributed by atoms with van der Waals surface area (Å²) in [5, 5.41) is 3.24. The van der Waals surface area contributed by atoms with Gasteiger partial charge in [-0.05, 0) is 19.8 Å². The minimum Gasteiger partial charge on any atom is -0.478 e. The van der Waals surface area contributed by atoms with Crippen molar-refractivity contribution in [2.24, 2.45) is 0 Å². The van der Waals surface area contributed by atoms with Crippen LogP contribution in [0.4, 0.5) is 5.95 Å². The van der Waals surface area contributed by atoms with Crippen molar-refractivity contribution in [1.29, 1.82) is 0 Å². The molecule has 1 rings (SSSR count). The van der Waals surface area contributed by atoms with Crippen LogP contribution < -0.4 is 10.1 Å². The van der Waals surface area contributed by atoms with Crippen LogP contribution in [0.25, 0.3) is 0 Å². The molecule has 0 radical (unpaired) electrons. The van der Waals surface area contributed by atoms with E-state index in [-0.39, 0.29) is 6.04 Å². The Labute approximate surface area is 109 Å². The van der Waals surface area contributed by atoms with E-state index in [1.165, 1.54) is 0 Å². The third-order valence-electron chi connectivity index (χ3n) is 2.48. The van der Waals surface area contributed by atoms with Gasteiger partial charge in [0.05, 0.1) is 6.61 Å². The van der Waals surface area contributed by atoms with Gasteiger partial charge in [0.15, 0.2) is 0 Å². The summed E-state index contributed by atoms with van der Waals surface area (Å²) in [6, 6.07) is 2.04. The lowest BCUT2D eigenvalue weighted by Gasteiger charge is -2.15. The first-order valence-electron chi connectivity index (χ1n) is 6.38. The summed E-state index contributed by atoms with van der Waals surface area (Å²) < 4.78 is 5.52. The van der Waals surface area contributed by atoms with Crippen LogP contribution in [0.5, 0.6) is 5.88 Å². The first-order chi connectivity index (χ1) is 8.69. The van der Waals surface area contributed by atoms with Gasteiger partial charge in [-0.3, -0.25) is 0 Å². The second-order valence-corrected chi connectivity index (χ2v) is 4.18. The Morgan fingerprint density at radius 3 is 2.83 bits per heavy atom. The molecule has 18 heavy (non-hydrogen) atoms. The molecule has 4 heteroatoms. The number of aryl methyl sites for hydroxylation is 1. The summed E-state index contributed by atoms with van der Waals surface area (Å²) in [7, 11) is 0. The summed E-state index contributed by atoms with van der Waals surface area (Å²) in [6.45, 7) is 6.73. The molecule has 98 valence electrons. The molecule has 0 amide bonds. The van der Waals surface area contributed by atoms with Crippen LogP contribution in [-0.4, -0.2) is 22.6 Å². The van der Waals surface area contributed by atoms with E-state index in [0.717, 1.165) is 18.5 Å². The van der Waals surface area contributed by atoms with Gasteiger partial charge in [0, 0.05) is 24.2 Å². The standard InChI is InChI=1S/C14H21N3O/c1-5-8-12(7-3)16-14-15-11(4)10-13(17-14)18-9-6-2/h1,10,12H,6-9H2,2-4H3,(H,15,16,17). The molecule has 1 N–H and O–H groups in total. The van der Waals surface area contributed by atoms with E-state index >= 15 is 0 Å². The topological polar surface area (TPSA) is 47.0 Å². The van der Waals surface area contributed by atoms with Gasteiger partial charge < -0.3 is 10.1 Å². The number of ether oxygens (including phenoxy) is 1. The number of hydrogen-bond donors (Lipinski definition) is 1. The molecule has 0 aliphatic carbocycles. The van der Waals surface area contributed by atoms with Crippen molar-refractivity contribution in [3.05, 3.63) is 11.8 Å². The van der Waals surface area contributed by atoms with Crippen LogP contribution in [0.3, 0.4) is 0 Å². The zero-order valence-electron chi connectivity index (χ0n) is 11.4. The lowest BCUT2D eigenvalue weighted by atomic mass is 10.2. The average molecular weight is 247 g/mol. The molecule has 0 aliphatic heterocycles. The molecular weight excluding hydrogens is 226 g/mol. The van der Waals surface area contributed by atoms with Gasteiger partial charge in [-0.25, -0.2) is 4.98 Å². The van der Waals surface area contributed by atoms with Crippen LogP contribution in [0, 0.1) is 19.3 Å². The van der Waals surface area contributed by atoms with E-state index in [1.54, 1.807) is 0 Å². The van der Waals surface area contributed by atoms with Crippen molar-refractivity contribution < 1.29 is 4.74 Å². The quantitative estimate of drug-likeness (QED) is 0.753. The predicted molar refractivity (Wildman–Crippen MR) is 73.7 cm³/mol. The number of anilines is 1. The minimum absolute atomic E-state index is 0.204. The Hall–Kier alpha value is -1.76. The van der Waals surface area contributed by atoms with Gasteiger partial charge in [-0.15, -0.1) is 12.3 Å². The van der Waals surface area contributed by atoms with Crippen molar-refractivity contribution >= 4 is 5.95 Å². The molecule has 0 saturated heterocycles. The molecule has 0 spiro atoms. The molecule has 1 unspecified atom stereocenters. The maximum absolute atomic E-state index is 5.52. The maximum atomic E-state index is 5.52. The van der Waals surface area contributed by atoms with Crippen molar-refractivity contribution in [2.75, 3.05) is 11.9 Å². The number of terminal acetylenes is 1. The van der Waals surface area contributed by atoms with Crippen LogP contribution in [0.15, 0.2) is 6.07 Å². The van der Waals surface area contributed by atoms with Crippen LogP contribution in [0.2, 0.25) is 0 Å². The van der Waals surface area contributed by atoms with Gasteiger partial charge in [-0.1, -0.05) is 13.8 Å². The number of aromatic nitrogens is 2. The van der Waals surface area contributed by atoms with Gasteiger partial charge in [0.1, 0.15) is 0 Å². The van der Waals surface area contributed by atoms with E-state index < -0.39 is 0 Å². The number of hydrogen-bond acceptors (Lipinski definition) is 4. The predicted octanol–water partition coefficient (Wildman–Crippen LogP) is 2.79. The van der Waals surface area contributed by atoms with Crippen molar-refractivity contribution in [3.63, 3.8) is 0 Å². The van der Waals surface area contributed by atoms with Crippen molar-refractivity contribution in [1.82, 2.24) is 9.97 Å². The SMILES string of the molecule is C#CCC(CC)Nc1nc(C)cc(OCCC)n1. The minimum atomic E-state index is 0.204. The summed E-state index contributed by atoms with van der Waals surface area (Å²) in [4.78, 5) is 8.67. The maximum Gasteiger partial charge on any atom is 0.226 e. The number of nitrogens with one attached hydrogen (secondary N) is 1. The second-order valence-electron chi connectivity index (χ2n) is 4.18. The number of rotatable bonds is 7. The molecular formula is C14H21N3O. The Bertz CT molecular complexity index is 412. The zero-order valence-corrected chi connectivity index (χ0v) is 11.4. The van der Waals surface area contributed by atoms with Crippen LogP contribution in [-0.2, 0) is 0 Å². The highest BCUT2D eigenvalue weighted by Gasteiger charge is 2.08. The fraction of sp³-hybridized carbons (Fsp3) is 0.571. The van der Waals surface area contributed by atoms with Crippen molar-refractivity contribution in [2.45, 2.75) is 46.1 Å². The third-order valence-corrected chi connectivity index (χ3v) is 2.48. The summed E-state index contributed by atoms with van der Waals surface area (Å²) in [6.07, 6.45) is 7.89. The van der Waals surface area contributed by atoms with Gasteiger partial charge in [-0.2, -0.15) is 4.98 Å². The second kappa shape index (κ2) is 7.54. The Balaban J connectivity index is 2.75. The molecule has 0 aromatic carbocycles. The van der Waals surface area contributed by atoms with E-state index in [9.17, 15) is 0 Å². The highest BCUT2D eigenvalue weighted by molar-refractivity contribution is 5.32.